The fraction of sp³-hybridized carbons (Fsp3) is 0.333. The summed E-state index contributed by atoms with van der Waals surface area (Å²) in [5.74, 6) is 6.16. The Morgan fingerprint density at radius 1 is 0.900 bits per heavy atom. The molecule has 0 saturated heterocycles. The van der Waals surface area contributed by atoms with Crippen LogP contribution in [0.1, 0.15) is 24.5 Å². The predicted molar refractivity (Wildman–Crippen MR) is 85.3 cm³/mol. The number of rotatable bonds is 7. The van der Waals surface area contributed by atoms with E-state index in [4.69, 9.17) is 5.84 Å². The molecule has 2 aromatic rings. The zero-order chi connectivity index (χ0) is 14.2. The number of hydrogen-bond donors (Lipinski definition) is 1. The highest BCUT2D eigenvalue weighted by molar-refractivity contribution is 5.16. The molecule has 2 rings (SSSR count). The van der Waals surface area contributed by atoms with Gasteiger partial charge in [-0.15, -0.1) is 0 Å². The Morgan fingerprint density at radius 2 is 1.45 bits per heavy atom. The molecule has 0 bridgehead atoms. The molecular weight excluding hydrogens is 244 g/mol. The minimum atomic E-state index is 0.369. The highest BCUT2D eigenvalue weighted by atomic mass is 15.4. The second-order valence-electron chi connectivity index (χ2n) is 5.37. The lowest BCUT2D eigenvalue weighted by molar-refractivity contribution is 0.210. The van der Waals surface area contributed by atoms with E-state index < -0.39 is 0 Å². The van der Waals surface area contributed by atoms with E-state index in [1.54, 1.807) is 0 Å². The summed E-state index contributed by atoms with van der Waals surface area (Å²) in [5, 5.41) is 1.97. The minimum Gasteiger partial charge on any atom is -0.269 e. The van der Waals surface area contributed by atoms with E-state index in [1.807, 2.05) is 11.1 Å². The number of hydrogen-bond acceptors (Lipinski definition) is 2. The average molecular weight is 268 g/mol. The van der Waals surface area contributed by atoms with Crippen molar-refractivity contribution < 1.29 is 0 Å². The van der Waals surface area contributed by atoms with E-state index in [9.17, 15) is 0 Å². The summed E-state index contributed by atoms with van der Waals surface area (Å²) in [5.41, 5.74) is 2.73. The first-order valence-electron chi connectivity index (χ1n) is 7.35. The zero-order valence-corrected chi connectivity index (χ0v) is 12.2. The highest BCUT2D eigenvalue weighted by Crippen LogP contribution is 2.08. The lowest BCUT2D eigenvalue weighted by Crippen LogP contribution is -2.41. The topological polar surface area (TPSA) is 29.3 Å². The van der Waals surface area contributed by atoms with E-state index in [0.717, 1.165) is 25.8 Å². The van der Waals surface area contributed by atoms with Crippen LogP contribution in [0.3, 0.4) is 0 Å². The van der Waals surface area contributed by atoms with Crippen LogP contribution in [-0.2, 0) is 12.8 Å². The van der Waals surface area contributed by atoms with Gasteiger partial charge in [0.15, 0.2) is 0 Å². The number of hydrazine groups is 1. The van der Waals surface area contributed by atoms with Crippen molar-refractivity contribution in [1.82, 2.24) is 5.01 Å². The molecule has 106 valence electrons. The van der Waals surface area contributed by atoms with Gasteiger partial charge in [0.05, 0.1) is 0 Å². The van der Waals surface area contributed by atoms with Crippen LogP contribution < -0.4 is 5.84 Å². The number of nitrogens with zero attached hydrogens (tertiary/aromatic N) is 1. The van der Waals surface area contributed by atoms with E-state index in [2.05, 4.69) is 61.5 Å². The average Bonchev–Trinajstić information content (AvgIpc) is 2.49. The molecule has 2 aromatic carbocycles. The third-order valence-electron chi connectivity index (χ3n) is 3.66. The van der Waals surface area contributed by atoms with Gasteiger partial charge < -0.3 is 0 Å². The van der Waals surface area contributed by atoms with E-state index in [0.29, 0.717) is 6.04 Å². The van der Waals surface area contributed by atoms with Crippen LogP contribution in [0.15, 0.2) is 60.7 Å². The molecule has 0 spiro atoms. The summed E-state index contributed by atoms with van der Waals surface area (Å²) in [6, 6.07) is 21.5. The molecule has 0 heterocycles. The van der Waals surface area contributed by atoms with Crippen molar-refractivity contribution in [3.8, 4) is 0 Å². The first-order chi connectivity index (χ1) is 9.75. The van der Waals surface area contributed by atoms with Crippen LogP contribution in [0.25, 0.3) is 0 Å². The summed E-state index contributed by atoms with van der Waals surface area (Å²) < 4.78 is 0. The molecule has 0 amide bonds. The molecule has 0 fully saturated rings. The van der Waals surface area contributed by atoms with Crippen molar-refractivity contribution in [2.75, 3.05) is 6.54 Å². The highest BCUT2D eigenvalue weighted by Gasteiger charge is 2.10. The number of benzene rings is 2. The van der Waals surface area contributed by atoms with Gasteiger partial charge in [-0.1, -0.05) is 60.7 Å². The Hall–Kier alpha value is -1.64. The SMILES string of the molecule is C[C@H](Cc1ccccc1)N(N)CCCc1ccccc1. The van der Waals surface area contributed by atoms with Crippen LogP contribution in [0.5, 0.6) is 0 Å². The van der Waals surface area contributed by atoms with Gasteiger partial charge >= 0.3 is 0 Å². The van der Waals surface area contributed by atoms with Crippen molar-refractivity contribution in [1.29, 1.82) is 0 Å². The second kappa shape index (κ2) is 7.83. The molecule has 0 aliphatic heterocycles. The quantitative estimate of drug-likeness (QED) is 0.616. The molecule has 0 aliphatic carbocycles. The molecular formula is C18H24N2. The van der Waals surface area contributed by atoms with Crippen LogP contribution in [0.2, 0.25) is 0 Å². The Bertz CT molecular complexity index is 481. The maximum atomic E-state index is 6.16. The molecule has 0 aliphatic rings. The summed E-state index contributed by atoms with van der Waals surface area (Å²) in [6.45, 7) is 3.12. The lowest BCUT2D eigenvalue weighted by atomic mass is 10.1. The fourth-order valence-corrected chi connectivity index (χ4v) is 2.40. The van der Waals surface area contributed by atoms with E-state index in [1.165, 1.54) is 11.1 Å². The molecule has 0 saturated carbocycles. The third-order valence-corrected chi connectivity index (χ3v) is 3.66. The molecule has 2 heteroatoms. The molecule has 0 unspecified atom stereocenters. The summed E-state index contributed by atoms with van der Waals surface area (Å²) in [6.07, 6.45) is 3.19. The predicted octanol–water partition coefficient (Wildman–Crippen LogP) is 3.43. The van der Waals surface area contributed by atoms with Crippen LogP contribution >= 0.6 is 0 Å². The van der Waals surface area contributed by atoms with Gasteiger partial charge in [0.1, 0.15) is 0 Å². The first kappa shape index (κ1) is 14.8. The molecule has 0 aromatic heterocycles. The van der Waals surface area contributed by atoms with Crippen molar-refractivity contribution >= 4 is 0 Å². The largest absolute Gasteiger partial charge is 0.269 e. The normalized spacial score (nSPS) is 12.6. The molecule has 20 heavy (non-hydrogen) atoms. The standard InChI is InChI=1S/C18H24N2/c1-16(15-18-11-6-3-7-12-18)20(19)14-8-13-17-9-4-2-5-10-17/h2-7,9-12,16H,8,13-15,19H2,1H3/t16-/m1/s1. The van der Waals surface area contributed by atoms with Gasteiger partial charge in [0.25, 0.3) is 0 Å². The van der Waals surface area contributed by atoms with Crippen LogP contribution in [-0.4, -0.2) is 17.6 Å². The zero-order valence-electron chi connectivity index (χ0n) is 12.2. The van der Waals surface area contributed by atoms with Gasteiger partial charge in [-0.3, -0.25) is 5.84 Å². The Morgan fingerprint density at radius 3 is 2.05 bits per heavy atom. The Labute approximate surface area is 122 Å². The summed E-state index contributed by atoms with van der Waals surface area (Å²) in [4.78, 5) is 0. The third kappa shape index (κ3) is 4.80. The van der Waals surface area contributed by atoms with Gasteiger partial charge in [-0.25, -0.2) is 5.01 Å². The van der Waals surface area contributed by atoms with Crippen molar-refractivity contribution in [2.24, 2.45) is 5.84 Å². The van der Waals surface area contributed by atoms with Gasteiger partial charge in [0, 0.05) is 12.6 Å². The maximum absolute atomic E-state index is 6.16. The number of nitrogens with two attached hydrogens (primary N) is 1. The van der Waals surface area contributed by atoms with Crippen LogP contribution in [0, 0.1) is 0 Å². The maximum Gasteiger partial charge on any atom is 0.0253 e. The van der Waals surface area contributed by atoms with E-state index >= 15 is 0 Å². The molecule has 0 radical (unpaired) electrons. The van der Waals surface area contributed by atoms with E-state index in [-0.39, 0.29) is 0 Å². The summed E-state index contributed by atoms with van der Waals surface area (Å²) in [7, 11) is 0. The van der Waals surface area contributed by atoms with Gasteiger partial charge in [-0.05, 0) is 37.3 Å². The molecule has 2 N–H and O–H groups in total. The van der Waals surface area contributed by atoms with Gasteiger partial charge in [0.2, 0.25) is 0 Å². The monoisotopic (exact) mass is 268 g/mol. The molecule has 2 nitrogen and oxygen atoms in total. The smallest absolute Gasteiger partial charge is 0.0253 e. The van der Waals surface area contributed by atoms with Gasteiger partial charge in [-0.2, -0.15) is 0 Å². The minimum absolute atomic E-state index is 0.369. The first-order valence-corrected chi connectivity index (χ1v) is 7.35. The van der Waals surface area contributed by atoms with Crippen molar-refractivity contribution in [3.63, 3.8) is 0 Å². The number of aryl methyl sites for hydroxylation is 1. The fourth-order valence-electron chi connectivity index (χ4n) is 2.40. The van der Waals surface area contributed by atoms with Crippen molar-refractivity contribution in [2.45, 2.75) is 32.2 Å². The second-order valence-corrected chi connectivity index (χ2v) is 5.37. The summed E-state index contributed by atoms with van der Waals surface area (Å²) >= 11 is 0. The molecule has 1 atom stereocenters. The Kier molecular flexibility index (Phi) is 5.78. The van der Waals surface area contributed by atoms with Crippen molar-refractivity contribution in [3.05, 3.63) is 71.8 Å². The van der Waals surface area contributed by atoms with Crippen LogP contribution in [0.4, 0.5) is 0 Å². The lowest BCUT2D eigenvalue weighted by Gasteiger charge is -2.24. The Balaban J connectivity index is 1.73.